The molecule has 0 aliphatic heterocycles. The molecule has 0 aliphatic rings. The Kier molecular flexibility index (Phi) is 6.23. The fourth-order valence-corrected chi connectivity index (χ4v) is 10.1. The van der Waals surface area contributed by atoms with Crippen molar-refractivity contribution in [3.8, 4) is 11.1 Å². The first kappa shape index (κ1) is 30.8. The minimum atomic E-state index is 1.13. The molecule has 1 heteroatoms. The van der Waals surface area contributed by atoms with E-state index in [1.165, 1.54) is 119 Å². The normalized spacial score (nSPS) is 12.2. The molecule has 13 aromatic rings. The highest BCUT2D eigenvalue weighted by molar-refractivity contribution is 6.29. The second kappa shape index (κ2) is 11.5. The number of hydrogen-bond donors (Lipinski definition) is 0. The van der Waals surface area contributed by atoms with Crippen LogP contribution in [0.15, 0.2) is 200 Å². The molecule has 0 N–H and O–H groups in total. The summed E-state index contributed by atoms with van der Waals surface area (Å²) >= 11 is 0. The Morgan fingerprint density at radius 3 is 1.14 bits per heavy atom. The lowest BCUT2D eigenvalue weighted by atomic mass is 9.91. The molecule has 13 rings (SSSR count). The summed E-state index contributed by atoms with van der Waals surface area (Å²) in [5.74, 6) is 0. The molecule has 0 saturated carbocycles. The largest absolute Gasteiger partial charge is 0.309 e. The molecular formula is C56H33N. The van der Waals surface area contributed by atoms with Gasteiger partial charge in [-0.05, 0) is 128 Å². The van der Waals surface area contributed by atoms with Gasteiger partial charge in [-0.3, -0.25) is 0 Å². The van der Waals surface area contributed by atoms with Gasteiger partial charge in [-0.2, -0.15) is 0 Å². The molecule has 0 amide bonds. The van der Waals surface area contributed by atoms with Crippen LogP contribution in [0.2, 0.25) is 0 Å². The lowest BCUT2D eigenvalue weighted by Crippen LogP contribution is -2.11. The van der Waals surface area contributed by atoms with Gasteiger partial charge in [-0.15, -0.1) is 0 Å². The summed E-state index contributed by atoms with van der Waals surface area (Å²) in [4.78, 5) is 2.52. The van der Waals surface area contributed by atoms with Crippen molar-refractivity contribution in [3.05, 3.63) is 200 Å². The molecule has 0 radical (unpaired) electrons. The van der Waals surface area contributed by atoms with Crippen molar-refractivity contribution in [2.45, 2.75) is 0 Å². The van der Waals surface area contributed by atoms with Crippen LogP contribution in [-0.4, -0.2) is 0 Å². The summed E-state index contributed by atoms with van der Waals surface area (Å²) in [6.45, 7) is 0. The van der Waals surface area contributed by atoms with Gasteiger partial charge in [0.15, 0.2) is 0 Å². The third-order valence-corrected chi connectivity index (χ3v) is 12.7. The molecule has 0 aliphatic carbocycles. The summed E-state index contributed by atoms with van der Waals surface area (Å²) in [7, 11) is 0. The quantitative estimate of drug-likeness (QED) is 0.164. The molecule has 0 spiro atoms. The summed E-state index contributed by atoms with van der Waals surface area (Å²) in [6, 6.07) is 74.8. The van der Waals surface area contributed by atoms with Crippen LogP contribution in [0.4, 0.5) is 17.1 Å². The number of fused-ring (bicyclic) bond motifs is 6. The predicted molar refractivity (Wildman–Crippen MR) is 246 cm³/mol. The maximum Gasteiger partial charge on any atom is 0.0540 e. The summed E-state index contributed by atoms with van der Waals surface area (Å²) in [5, 5.41) is 23.1. The molecule has 0 bridgehead atoms. The van der Waals surface area contributed by atoms with E-state index in [0.717, 1.165) is 5.69 Å². The Labute approximate surface area is 328 Å². The number of hydrogen-bond acceptors (Lipinski definition) is 1. The number of benzene rings is 13. The van der Waals surface area contributed by atoms with Gasteiger partial charge in [0, 0.05) is 16.5 Å². The van der Waals surface area contributed by atoms with Crippen molar-refractivity contribution in [1.29, 1.82) is 0 Å². The van der Waals surface area contributed by atoms with Gasteiger partial charge in [0.1, 0.15) is 0 Å². The highest BCUT2D eigenvalue weighted by Gasteiger charge is 2.22. The second-order valence-electron chi connectivity index (χ2n) is 15.6. The van der Waals surface area contributed by atoms with Crippen molar-refractivity contribution in [3.63, 3.8) is 0 Å². The zero-order valence-electron chi connectivity index (χ0n) is 31.0. The van der Waals surface area contributed by atoms with Gasteiger partial charge in [0.25, 0.3) is 0 Å². The van der Waals surface area contributed by atoms with Crippen molar-refractivity contribution in [2.24, 2.45) is 0 Å². The molecule has 0 unspecified atom stereocenters. The van der Waals surface area contributed by atoms with Crippen molar-refractivity contribution < 1.29 is 0 Å². The van der Waals surface area contributed by atoms with Crippen molar-refractivity contribution >= 4 is 114 Å². The van der Waals surface area contributed by atoms with Gasteiger partial charge >= 0.3 is 0 Å². The number of nitrogens with zero attached hydrogens (tertiary/aromatic N) is 1. The fraction of sp³-hybridized carbons (Fsp3) is 0. The number of anilines is 3. The van der Waals surface area contributed by atoms with Crippen LogP contribution < -0.4 is 4.90 Å². The maximum absolute atomic E-state index is 2.52. The molecule has 0 aromatic heterocycles. The van der Waals surface area contributed by atoms with Gasteiger partial charge < -0.3 is 4.90 Å². The molecule has 262 valence electrons. The van der Waals surface area contributed by atoms with E-state index in [2.05, 4.69) is 205 Å². The van der Waals surface area contributed by atoms with Crippen LogP contribution >= 0.6 is 0 Å². The third kappa shape index (κ3) is 4.34. The van der Waals surface area contributed by atoms with E-state index < -0.39 is 0 Å². The second-order valence-corrected chi connectivity index (χ2v) is 15.6. The smallest absolute Gasteiger partial charge is 0.0540 e. The first-order valence-corrected chi connectivity index (χ1v) is 19.8. The Bertz CT molecular complexity index is 3550. The summed E-state index contributed by atoms with van der Waals surface area (Å²) < 4.78 is 0. The Morgan fingerprint density at radius 1 is 0.228 bits per heavy atom. The van der Waals surface area contributed by atoms with Gasteiger partial charge in [0.05, 0.1) is 11.4 Å². The lowest BCUT2D eigenvalue weighted by Gasteiger charge is -2.30. The standard InChI is InChI=1S/C56H33N/c1-2-16-45-43(14-1)44-15-3-4-17-46(44)50-33-41(24-27-47(45)50)40-12-7-13-42(32-40)57(51-30-25-38-20-18-34-8-5-10-36-22-28-48(51)55(38)53(34)36)52-31-26-39-21-19-35-9-6-11-37-23-29-49(52)56(39)54(35)37/h1-33H. The number of rotatable bonds is 4. The van der Waals surface area contributed by atoms with Crippen LogP contribution in [-0.2, 0) is 0 Å². The average Bonchev–Trinajstić information content (AvgIpc) is 3.28. The minimum absolute atomic E-state index is 1.13. The Hall–Kier alpha value is -7.48. The van der Waals surface area contributed by atoms with Crippen molar-refractivity contribution in [1.82, 2.24) is 0 Å². The Morgan fingerprint density at radius 2 is 0.614 bits per heavy atom. The molecule has 0 atom stereocenters. The lowest BCUT2D eigenvalue weighted by molar-refractivity contribution is 1.32. The van der Waals surface area contributed by atoms with Crippen LogP contribution in [0.25, 0.3) is 108 Å². The molecule has 0 fully saturated rings. The maximum atomic E-state index is 2.52. The molecule has 57 heavy (non-hydrogen) atoms. The average molecular weight is 720 g/mol. The molecular weight excluding hydrogens is 687 g/mol. The SMILES string of the molecule is c1cc(-c2ccc3c4ccccc4c4ccccc4c3c2)cc(N(c2ccc3ccc4cccc5ccc2c3c45)c2ccc3ccc4cccc5ccc2c3c45)c1. The van der Waals surface area contributed by atoms with Gasteiger partial charge in [-0.25, -0.2) is 0 Å². The van der Waals surface area contributed by atoms with Gasteiger partial charge in [-0.1, -0.05) is 170 Å². The first-order valence-electron chi connectivity index (χ1n) is 19.8. The zero-order valence-corrected chi connectivity index (χ0v) is 31.0. The highest BCUT2D eigenvalue weighted by Crippen LogP contribution is 2.48. The minimum Gasteiger partial charge on any atom is -0.309 e. The van der Waals surface area contributed by atoms with Crippen LogP contribution in [0, 0.1) is 0 Å². The summed E-state index contributed by atoms with van der Waals surface area (Å²) in [5.41, 5.74) is 5.86. The van der Waals surface area contributed by atoms with Crippen molar-refractivity contribution in [2.75, 3.05) is 4.90 Å². The van der Waals surface area contributed by atoms with Crippen LogP contribution in [0.5, 0.6) is 0 Å². The topological polar surface area (TPSA) is 3.24 Å². The summed E-state index contributed by atoms with van der Waals surface area (Å²) in [6.07, 6.45) is 0. The fourth-order valence-electron chi connectivity index (χ4n) is 10.1. The van der Waals surface area contributed by atoms with E-state index in [1.54, 1.807) is 0 Å². The van der Waals surface area contributed by atoms with E-state index in [0.29, 0.717) is 0 Å². The zero-order chi connectivity index (χ0) is 37.2. The molecule has 0 saturated heterocycles. The van der Waals surface area contributed by atoms with Crippen LogP contribution in [0.1, 0.15) is 0 Å². The van der Waals surface area contributed by atoms with Crippen LogP contribution in [0.3, 0.4) is 0 Å². The molecule has 1 nitrogen and oxygen atoms in total. The van der Waals surface area contributed by atoms with E-state index in [4.69, 9.17) is 0 Å². The van der Waals surface area contributed by atoms with Gasteiger partial charge in [0.2, 0.25) is 0 Å². The predicted octanol–water partition coefficient (Wildman–Crippen LogP) is 16.1. The molecule has 13 aromatic carbocycles. The van der Waals surface area contributed by atoms with E-state index in [-0.39, 0.29) is 0 Å². The Balaban J connectivity index is 1.09. The third-order valence-electron chi connectivity index (χ3n) is 12.7. The van der Waals surface area contributed by atoms with E-state index in [9.17, 15) is 0 Å². The van der Waals surface area contributed by atoms with E-state index >= 15 is 0 Å². The van der Waals surface area contributed by atoms with E-state index in [1.807, 2.05) is 0 Å². The molecule has 0 heterocycles. The monoisotopic (exact) mass is 719 g/mol. The highest BCUT2D eigenvalue weighted by atomic mass is 15.1. The first-order chi connectivity index (χ1) is 28.3.